The predicted octanol–water partition coefficient (Wildman–Crippen LogP) is -0.623. The lowest BCUT2D eigenvalue weighted by Crippen LogP contribution is -2.67. The number of carbonyl (C=O) groups excluding carboxylic acids is 1. The van der Waals surface area contributed by atoms with Crippen LogP contribution in [0.3, 0.4) is 0 Å². The molecule has 0 saturated heterocycles. The van der Waals surface area contributed by atoms with Gasteiger partial charge in [0.2, 0.25) is 0 Å². The van der Waals surface area contributed by atoms with Crippen molar-refractivity contribution in [1.29, 1.82) is 0 Å². The minimum absolute atomic E-state index is 0.207. The third-order valence-corrected chi connectivity index (χ3v) is 1.66. The van der Waals surface area contributed by atoms with Crippen LogP contribution in [-0.4, -0.2) is 30.3 Å². The molecule has 5 nitrogen and oxygen atoms in total. The Morgan fingerprint density at radius 2 is 2.50 bits per heavy atom. The van der Waals surface area contributed by atoms with Gasteiger partial charge in [0.1, 0.15) is 0 Å². The van der Waals surface area contributed by atoms with E-state index in [1.807, 2.05) is 6.92 Å². The van der Waals surface area contributed by atoms with Gasteiger partial charge in [0, 0.05) is 13.2 Å². The number of likely N-dealkylation sites (N-methyl/N-ethyl adjacent to an activating group) is 1. The molecule has 0 radical (unpaired) electrons. The van der Waals surface area contributed by atoms with E-state index in [2.05, 4.69) is 10.6 Å². The van der Waals surface area contributed by atoms with Crippen LogP contribution in [0.25, 0.3) is 0 Å². The standard InChI is InChI=1S/C7H14N4O/c1-3-9-7(8)4-5-11(2)6(12)10-7/h4-5,9H,3,8H2,1-2H3,(H,10,12). The maximum absolute atomic E-state index is 11.1. The van der Waals surface area contributed by atoms with Crippen LogP contribution >= 0.6 is 0 Å². The molecule has 0 fully saturated rings. The fourth-order valence-corrected chi connectivity index (χ4v) is 0.999. The average Bonchev–Trinajstić information content (AvgIpc) is 1.98. The van der Waals surface area contributed by atoms with E-state index in [1.165, 1.54) is 4.90 Å². The summed E-state index contributed by atoms with van der Waals surface area (Å²) < 4.78 is 0. The predicted molar refractivity (Wildman–Crippen MR) is 46.0 cm³/mol. The quantitative estimate of drug-likeness (QED) is 0.483. The molecule has 12 heavy (non-hydrogen) atoms. The summed E-state index contributed by atoms with van der Waals surface area (Å²) in [6.07, 6.45) is 3.35. The molecular formula is C7H14N4O. The Bertz CT molecular complexity index is 215. The third kappa shape index (κ3) is 1.75. The summed E-state index contributed by atoms with van der Waals surface area (Å²) in [5.41, 5.74) is 5.77. The summed E-state index contributed by atoms with van der Waals surface area (Å²) >= 11 is 0. The molecule has 1 rings (SSSR count). The SMILES string of the molecule is CCNC1(N)C=CN(C)C(=O)N1. The maximum atomic E-state index is 11.1. The van der Waals surface area contributed by atoms with E-state index in [4.69, 9.17) is 5.73 Å². The first-order valence-electron chi connectivity index (χ1n) is 3.85. The van der Waals surface area contributed by atoms with E-state index in [9.17, 15) is 4.79 Å². The minimum Gasteiger partial charge on any atom is -0.304 e. The molecule has 0 saturated carbocycles. The highest BCUT2D eigenvalue weighted by atomic mass is 16.2. The number of hydrogen-bond donors (Lipinski definition) is 3. The van der Waals surface area contributed by atoms with Crippen molar-refractivity contribution in [3.05, 3.63) is 12.3 Å². The van der Waals surface area contributed by atoms with Crippen molar-refractivity contribution in [2.45, 2.75) is 12.7 Å². The maximum Gasteiger partial charge on any atom is 0.323 e. The van der Waals surface area contributed by atoms with E-state index in [0.29, 0.717) is 6.54 Å². The molecule has 0 spiro atoms. The summed E-state index contributed by atoms with van der Waals surface area (Å²) in [6, 6.07) is -0.207. The van der Waals surface area contributed by atoms with Gasteiger partial charge in [0.05, 0.1) is 0 Å². The van der Waals surface area contributed by atoms with Crippen LogP contribution < -0.4 is 16.4 Å². The van der Waals surface area contributed by atoms with Crippen molar-refractivity contribution in [2.24, 2.45) is 5.73 Å². The highest BCUT2D eigenvalue weighted by Gasteiger charge is 2.27. The molecule has 1 unspecified atom stereocenters. The van der Waals surface area contributed by atoms with Crippen LogP contribution in [0.1, 0.15) is 6.92 Å². The van der Waals surface area contributed by atoms with Gasteiger partial charge in [-0.2, -0.15) is 0 Å². The number of hydrogen-bond acceptors (Lipinski definition) is 3. The zero-order valence-electron chi connectivity index (χ0n) is 7.29. The van der Waals surface area contributed by atoms with Gasteiger partial charge in [-0.15, -0.1) is 0 Å². The number of nitrogens with two attached hydrogens (primary N) is 1. The molecule has 68 valence electrons. The van der Waals surface area contributed by atoms with E-state index >= 15 is 0 Å². The van der Waals surface area contributed by atoms with E-state index in [0.717, 1.165) is 0 Å². The van der Waals surface area contributed by atoms with E-state index in [1.54, 1.807) is 19.3 Å². The molecule has 1 heterocycles. The summed E-state index contributed by atoms with van der Waals surface area (Å²) in [5.74, 6) is -0.891. The summed E-state index contributed by atoms with van der Waals surface area (Å²) in [6.45, 7) is 2.62. The first-order chi connectivity index (χ1) is 5.57. The second kappa shape index (κ2) is 3.12. The molecule has 0 aromatic heterocycles. The normalized spacial score (nSPS) is 28.9. The number of urea groups is 1. The summed E-state index contributed by atoms with van der Waals surface area (Å²) in [7, 11) is 1.66. The summed E-state index contributed by atoms with van der Waals surface area (Å²) in [5, 5.41) is 5.55. The number of nitrogens with zero attached hydrogens (tertiary/aromatic N) is 1. The highest BCUT2D eigenvalue weighted by Crippen LogP contribution is 2.02. The molecule has 1 aliphatic rings. The molecule has 2 amide bonds. The molecule has 0 aromatic rings. The van der Waals surface area contributed by atoms with Crippen LogP contribution in [0, 0.1) is 0 Å². The Balaban J connectivity index is 2.70. The van der Waals surface area contributed by atoms with Crippen LogP contribution in [0.4, 0.5) is 4.79 Å². The molecule has 0 aliphatic carbocycles. The van der Waals surface area contributed by atoms with Gasteiger partial charge in [-0.25, -0.2) is 4.79 Å². The first kappa shape index (κ1) is 9.02. The topological polar surface area (TPSA) is 70.4 Å². The number of rotatable bonds is 2. The van der Waals surface area contributed by atoms with Crippen molar-refractivity contribution < 1.29 is 4.79 Å². The van der Waals surface area contributed by atoms with E-state index in [-0.39, 0.29) is 6.03 Å². The van der Waals surface area contributed by atoms with Gasteiger partial charge in [-0.3, -0.25) is 11.1 Å². The highest BCUT2D eigenvalue weighted by molar-refractivity contribution is 5.77. The Hall–Kier alpha value is -1.07. The number of amides is 2. The Kier molecular flexibility index (Phi) is 2.35. The van der Waals surface area contributed by atoms with Gasteiger partial charge >= 0.3 is 6.03 Å². The lowest BCUT2D eigenvalue weighted by atomic mass is 10.3. The minimum atomic E-state index is -0.891. The Morgan fingerprint density at radius 3 is 3.00 bits per heavy atom. The second-order valence-electron chi connectivity index (χ2n) is 2.76. The smallest absolute Gasteiger partial charge is 0.304 e. The van der Waals surface area contributed by atoms with Crippen molar-refractivity contribution in [3.63, 3.8) is 0 Å². The van der Waals surface area contributed by atoms with Gasteiger partial charge in [0.25, 0.3) is 0 Å². The van der Waals surface area contributed by atoms with Crippen LogP contribution in [-0.2, 0) is 0 Å². The average molecular weight is 170 g/mol. The van der Waals surface area contributed by atoms with Crippen molar-refractivity contribution in [2.75, 3.05) is 13.6 Å². The summed E-state index contributed by atoms with van der Waals surface area (Å²) in [4.78, 5) is 12.6. The molecule has 1 aliphatic heterocycles. The lowest BCUT2D eigenvalue weighted by Gasteiger charge is -2.33. The molecule has 5 heteroatoms. The van der Waals surface area contributed by atoms with Crippen molar-refractivity contribution >= 4 is 6.03 Å². The Labute approximate surface area is 71.6 Å². The Morgan fingerprint density at radius 1 is 1.83 bits per heavy atom. The lowest BCUT2D eigenvalue weighted by molar-refractivity contribution is 0.200. The van der Waals surface area contributed by atoms with E-state index < -0.39 is 5.79 Å². The fourth-order valence-electron chi connectivity index (χ4n) is 0.999. The van der Waals surface area contributed by atoms with Crippen LogP contribution in [0.5, 0.6) is 0 Å². The number of carbonyl (C=O) groups is 1. The zero-order valence-corrected chi connectivity index (χ0v) is 7.29. The van der Waals surface area contributed by atoms with Gasteiger partial charge in [-0.1, -0.05) is 6.92 Å². The zero-order chi connectivity index (χ0) is 9.19. The largest absolute Gasteiger partial charge is 0.323 e. The van der Waals surface area contributed by atoms with Gasteiger partial charge in [-0.05, 0) is 12.6 Å². The molecule has 1 atom stereocenters. The van der Waals surface area contributed by atoms with Gasteiger partial charge < -0.3 is 10.2 Å². The van der Waals surface area contributed by atoms with Crippen molar-refractivity contribution in [3.8, 4) is 0 Å². The molecule has 0 aromatic carbocycles. The van der Waals surface area contributed by atoms with Crippen molar-refractivity contribution in [1.82, 2.24) is 15.5 Å². The monoisotopic (exact) mass is 170 g/mol. The fraction of sp³-hybridized carbons (Fsp3) is 0.571. The molecular weight excluding hydrogens is 156 g/mol. The van der Waals surface area contributed by atoms with Gasteiger partial charge in [0.15, 0.2) is 5.79 Å². The number of nitrogens with one attached hydrogen (secondary N) is 2. The first-order valence-corrected chi connectivity index (χ1v) is 3.85. The molecule has 0 bridgehead atoms. The van der Waals surface area contributed by atoms with Crippen LogP contribution in [0.15, 0.2) is 12.3 Å². The third-order valence-electron chi connectivity index (χ3n) is 1.66. The molecule has 4 N–H and O–H groups in total. The second-order valence-corrected chi connectivity index (χ2v) is 2.76. The van der Waals surface area contributed by atoms with Crippen LogP contribution in [0.2, 0.25) is 0 Å².